The number of rotatable bonds is 6. The number of amides is 1. The Morgan fingerprint density at radius 2 is 1.67 bits per heavy atom. The highest BCUT2D eigenvalue weighted by molar-refractivity contribution is 6.30. The van der Waals surface area contributed by atoms with E-state index in [1.54, 1.807) is 6.20 Å². The highest BCUT2D eigenvalue weighted by Gasteiger charge is 2.43. The van der Waals surface area contributed by atoms with Crippen LogP contribution in [0.2, 0.25) is 5.02 Å². The second kappa shape index (κ2) is 9.28. The Balaban J connectivity index is 1.36. The largest absolute Gasteiger partial charge is 0.333 e. The molecule has 2 aromatic carbocycles. The number of halogens is 1. The minimum Gasteiger partial charge on any atom is -0.333 e. The Hall–Kier alpha value is -2.69. The number of hydrogen-bond acceptors (Lipinski definition) is 3. The fourth-order valence-corrected chi connectivity index (χ4v) is 5.53. The van der Waals surface area contributed by atoms with Gasteiger partial charge in [-0.25, -0.2) is 0 Å². The molecule has 2 fully saturated rings. The molecule has 0 bridgehead atoms. The molecule has 170 valence electrons. The van der Waals surface area contributed by atoms with Crippen LogP contribution >= 0.6 is 11.6 Å². The lowest BCUT2D eigenvalue weighted by molar-refractivity contribution is 0.0572. The van der Waals surface area contributed by atoms with E-state index in [0.29, 0.717) is 18.2 Å². The summed E-state index contributed by atoms with van der Waals surface area (Å²) in [7, 11) is 0. The van der Waals surface area contributed by atoms with Gasteiger partial charge in [0, 0.05) is 47.0 Å². The molecule has 2 N–H and O–H groups in total. The van der Waals surface area contributed by atoms with Gasteiger partial charge in [-0.1, -0.05) is 54.1 Å². The van der Waals surface area contributed by atoms with Crippen molar-refractivity contribution in [3.8, 4) is 11.1 Å². The van der Waals surface area contributed by atoms with Crippen molar-refractivity contribution in [3.63, 3.8) is 0 Å². The van der Waals surface area contributed by atoms with E-state index in [9.17, 15) is 4.79 Å². The highest BCUT2D eigenvalue weighted by Crippen LogP contribution is 2.43. The number of pyridine rings is 1. The smallest absolute Gasteiger partial charge is 0.255 e. The van der Waals surface area contributed by atoms with Gasteiger partial charge in [-0.05, 0) is 67.9 Å². The molecule has 33 heavy (non-hydrogen) atoms. The van der Waals surface area contributed by atoms with Crippen LogP contribution < -0.4 is 5.73 Å². The number of benzene rings is 2. The lowest BCUT2D eigenvalue weighted by Gasteiger charge is -2.44. The first-order valence-corrected chi connectivity index (χ1v) is 12.3. The Morgan fingerprint density at radius 3 is 2.33 bits per heavy atom. The van der Waals surface area contributed by atoms with Crippen molar-refractivity contribution in [3.05, 3.63) is 89.2 Å². The summed E-state index contributed by atoms with van der Waals surface area (Å²) in [6, 6.07) is 20.8. The molecule has 0 radical (unpaired) electrons. The van der Waals surface area contributed by atoms with Gasteiger partial charge in [0.2, 0.25) is 0 Å². The Labute approximate surface area is 200 Å². The summed E-state index contributed by atoms with van der Waals surface area (Å²) in [5.41, 5.74) is 10.2. The number of nitrogens with zero attached hydrogens (tertiary/aromatic N) is 2. The Bertz CT molecular complexity index is 1120. The average Bonchev–Trinajstić information content (AvgIpc) is 3.70. The van der Waals surface area contributed by atoms with Gasteiger partial charge in [0.05, 0.1) is 5.56 Å². The van der Waals surface area contributed by atoms with E-state index >= 15 is 0 Å². The molecule has 0 atom stereocenters. The standard InChI is InChI=1S/C28H30ClN3O/c29-24-8-4-7-23(16-24)28(19-30)13-11-26(12-14-28)32(25-9-10-25)27(33)22-15-21(17-31-18-22)20-5-2-1-3-6-20/h1-8,15-18,25-26H,9-14,19,30H2/t26-,28-. The summed E-state index contributed by atoms with van der Waals surface area (Å²) in [6.45, 7) is 0.598. The van der Waals surface area contributed by atoms with Crippen LogP contribution in [-0.2, 0) is 5.41 Å². The van der Waals surface area contributed by atoms with E-state index in [-0.39, 0.29) is 17.4 Å². The fraction of sp³-hybridized carbons (Fsp3) is 0.357. The molecule has 2 saturated carbocycles. The van der Waals surface area contributed by atoms with Crippen molar-refractivity contribution >= 4 is 17.5 Å². The van der Waals surface area contributed by atoms with Crippen LogP contribution in [0.25, 0.3) is 11.1 Å². The van der Waals surface area contributed by atoms with E-state index in [0.717, 1.165) is 54.7 Å². The predicted molar refractivity (Wildman–Crippen MR) is 133 cm³/mol. The minimum absolute atomic E-state index is 0.0611. The summed E-state index contributed by atoms with van der Waals surface area (Å²) in [5.74, 6) is 0.107. The molecule has 0 saturated heterocycles. The third kappa shape index (κ3) is 4.55. The Kier molecular flexibility index (Phi) is 6.22. The normalized spacial score (nSPS) is 22.7. The summed E-state index contributed by atoms with van der Waals surface area (Å²) in [5, 5.41) is 0.753. The van der Waals surface area contributed by atoms with Gasteiger partial charge >= 0.3 is 0 Å². The van der Waals surface area contributed by atoms with Crippen LogP contribution in [0.15, 0.2) is 73.1 Å². The second-order valence-electron chi connectivity index (χ2n) is 9.50. The summed E-state index contributed by atoms with van der Waals surface area (Å²) in [4.78, 5) is 20.3. The van der Waals surface area contributed by atoms with Gasteiger partial charge in [-0.3, -0.25) is 9.78 Å². The number of nitrogens with two attached hydrogens (primary N) is 1. The maximum atomic E-state index is 13.7. The van der Waals surface area contributed by atoms with Crippen molar-refractivity contribution in [2.24, 2.45) is 5.73 Å². The molecule has 2 aliphatic carbocycles. The molecule has 4 nitrogen and oxygen atoms in total. The number of carbonyl (C=O) groups is 1. The minimum atomic E-state index is -0.0611. The zero-order chi connectivity index (χ0) is 22.8. The molecule has 1 aromatic heterocycles. The van der Waals surface area contributed by atoms with E-state index < -0.39 is 0 Å². The van der Waals surface area contributed by atoms with Gasteiger partial charge in [0.15, 0.2) is 0 Å². The maximum Gasteiger partial charge on any atom is 0.255 e. The first kappa shape index (κ1) is 22.1. The number of hydrogen-bond donors (Lipinski definition) is 1. The van der Waals surface area contributed by atoms with Gasteiger partial charge in [0.25, 0.3) is 5.91 Å². The lowest BCUT2D eigenvalue weighted by Crippen LogP contribution is -2.48. The van der Waals surface area contributed by atoms with Crippen LogP contribution in [0, 0.1) is 0 Å². The van der Waals surface area contributed by atoms with Gasteiger partial charge in [-0.2, -0.15) is 0 Å². The van der Waals surface area contributed by atoms with Crippen molar-refractivity contribution < 1.29 is 4.79 Å². The van der Waals surface area contributed by atoms with Crippen molar-refractivity contribution in [2.75, 3.05) is 6.54 Å². The molecule has 3 aromatic rings. The first-order chi connectivity index (χ1) is 16.1. The third-order valence-corrected chi connectivity index (χ3v) is 7.64. The maximum absolute atomic E-state index is 13.7. The van der Waals surface area contributed by atoms with E-state index in [1.165, 1.54) is 5.56 Å². The molecule has 1 heterocycles. The third-order valence-electron chi connectivity index (χ3n) is 7.40. The van der Waals surface area contributed by atoms with Crippen LogP contribution in [0.1, 0.15) is 54.4 Å². The molecule has 5 heteroatoms. The topological polar surface area (TPSA) is 59.2 Å². The molecule has 0 unspecified atom stereocenters. The average molecular weight is 460 g/mol. The molecular formula is C28H30ClN3O. The summed E-state index contributed by atoms with van der Waals surface area (Å²) < 4.78 is 0. The predicted octanol–water partition coefficient (Wildman–Crippen LogP) is 5.85. The first-order valence-electron chi connectivity index (χ1n) is 11.9. The van der Waals surface area contributed by atoms with Crippen molar-refractivity contribution in [1.29, 1.82) is 0 Å². The summed E-state index contributed by atoms with van der Waals surface area (Å²) >= 11 is 6.28. The van der Waals surface area contributed by atoms with E-state index in [1.807, 2.05) is 54.7 Å². The summed E-state index contributed by atoms with van der Waals surface area (Å²) in [6.07, 6.45) is 9.56. The van der Waals surface area contributed by atoms with Gasteiger partial charge < -0.3 is 10.6 Å². The number of aromatic nitrogens is 1. The SMILES string of the molecule is NC[C@]1(c2cccc(Cl)c2)CC[C@H](N(C(=O)c2cncc(-c3ccccc3)c2)C2CC2)CC1. The van der Waals surface area contributed by atoms with Crippen LogP contribution in [0.4, 0.5) is 0 Å². The molecule has 5 rings (SSSR count). The van der Waals surface area contributed by atoms with E-state index in [4.69, 9.17) is 17.3 Å². The molecule has 2 aliphatic rings. The second-order valence-corrected chi connectivity index (χ2v) is 9.93. The molecule has 0 aliphatic heterocycles. The monoisotopic (exact) mass is 459 g/mol. The van der Waals surface area contributed by atoms with Crippen LogP contribution in [-0.4, -0.2) is 34.4 Å². The fourth-order valence-electron chi connectivity index (χ4n) is 5.34. The zero-order valence-electron chi connectivity index (χ0n) is 18.8. The van der Waals surface area contributed by atoms with Gasteiger partial charge in [-0.15, -0.1) is 0 Å². The number of carbonyl (C=O) groups excluding carboxylic acids is 1. The molecule has 1 amide bonds. The Morgan fingerprint density at radius 1 is 0.939 bits per heavy atom. The van der Waals surface area contributed by atoms with Crippen molar-refractivity contribution in [2.45, 2.75) is 56.0 Å². The molecule has 0 spiro atoms. The van der Waals surface area contributed by atoms with Crippen LogP contribution in [0.5, 0.6) is 0 Å². The highest BCUT2D eigenvalue weighted by atomic mass is 35.5. The van der Waals surface area contributed by atoms with Gasteiger partial charge in [0.1, 0.15) is 0 Å². The zero-order valence-corrected chi connectivity index (χ0v) is 19.5. The van der Waals surface area contributed by atoms with Crippen LogP contribution in [0.3, 0.4) is 0 Å². The molecular weight excluding hydrogens is 430 g/mol. The quantitative estimate of drug-likeness (QED) is 0.503. The van der Waals surface area contributed by atoms with E-state index in [2.05, 4.69) is 22.0 Å². The lowest BCUT2D eigenvalue weighted by atomic mass is 9.68. The van der Waals surface area contributed by atoms with Crippen molar-refractivity contribution in [1.82, 2.24) is 9.88 Å².